The number of carboxylic acids is 1. The first-order valence-corrected chi connectivity index (χ1v) is 22.9. The number of pyridine rings is 2. The fourth-order valence-corrected chi connectivity index (χ4v) is 8.10. The number of hydrogen-bond acceptors (Lipinski definition) is 10. The maximum atomic E-state index is 13.8. The number of nitrogens with zero attached hydrogens (tertiary/aromatic N) is 2. The zero-order valence-electron chi connectivity index (χ0n) is 34.6. The second kappa shape index (κ2) is 22.8. The van der Waals surface area contributed by atoms with Crippen LogP contribution in [0.25, 0.3) is 0 Å². The van der Waals surface area contributed by atoms with Crippen LogP contribution in [0.15, 0.2) is 119 Å². The molecular formula is C47H50FN5O7S2. The smallest absolute Gasteiger partial charge is 0.306 e. The van der Waals surface area contributed by atoms with Crippen molar-refractivity contribution in [2.45, 2.75) is 79.8 Å². The number of aromatic nitrogens is 2. The minimum absolute atomic E-state index is 0.0259. The lowest BCUT2D eigenvalue weighted by atomic mass is 9.85. The van der Waals surface area contributed by atoms with Gasteiger partial charge in [0, 0.05) is 52.3 Å². The molecule has 0 saturated heterocycles. The van der Waals surface area contributed by atoms with Gasteiger partial charge in [-0.1, -0.05) is 18.2 Å². The summed E-state index contributed by atoms with van der Waals surface area (Å²) in [5.41, 5.74) is 1.20. The van der Waals surface area contributed by atoms with E-state index in [1.54, 1.807) is 78.4 Å². The minimum Gasteiger partial charge on any atom is -0.481 e. The van der Waals surface area contributed by atoms with Crippen LogP contribution in [0.4, 0.5) is 4.39 Å². The van der Waals surface area contributed by atoms with E-state index >= 15 is 0 Å². The molecule has 0 bridgehead atoms. The van der Waals surface area contributed by atoms with E-state index in [1.165, 1.54) is 6.07 Å². The molecule has 2 heterocycles. The van der Waals surface area contributed by atoms with Crippen LogP contribution in [0, 0.1) is 17.7 Å². The van der Waals surface area contributed by atoms with Gasteiger partial charge < -0.3 is 30.5 Å². The van der Waals surface area contributed by atoms with Gasteiger partial charge in [-0.15, -0.1) is 23.5 Å². The van der Waals surface area contributed by atoms with Crippen molar-refractivity contribution in [3.05, 3.63) is 132 Å². The third kappa shape index (κ3) is 13.0. The minimum atomic E-state index is -0.754. The van der Waals surface area contributed by atoms with E-state index < -0.39 is 5.97 Å². The standard InChI is InChI=1S/C27H28FN3O3S.C20H22N2O4S/c1-35-22-14-12-21(13-15-22)34-27-23(6-4-16-29-27)26(33)31-20-10-8-18(9-11-20)25(32)30-17-19-5-2-3-7-24(19)28;1-27-16-10-8-15(9-11-16)26-19-17(3-2-12-21-19)18(23)22-14-6-4-13(5-7-14)20(24)25/h2-7,12-16,18,20H,8-11,17H2,1H3,(H,30,32)(H,31,33);2-3,8-14H,4-7H2,1H3,(H,22,23)(H,24,25). The van der Waals surface area contributed by atoms with Gasteiger partial charge in [0.15, 0.2) is 0 Å². The summed E-state index contributed by atoms with van der Waals surface area (Å²) in [6.07, 6.45) is 12.4. The summed E-state index contributed by atoms with van der Waals surface area (Å²) in [7, 11) is 0. The highest BCUT2D eigenvalue weighted by Crippen LogP contribution is 2.30. The number of benzene rings is 3. The first kappa shape index (κ1) is 45.6. The van der Waals surface area contributed by atoms with Gasteiger partial charge in [0.25, 0.3) is 11.8 Å². The molecule has 324 valence electrons. The Morgan fingerprint density at radius 3 is 1.52 bits per heavy atom. The van der Waals surface area contributed by atoms with Crippen molar-refractivity contribution in [3.8, 4) is 23.3 Å². The Bertz CT molecular complexity index is 2280. The van der Waals surface area contributed by atoms with Gasteiger partial charge in [-0.3, -0.25) is 19.2 Å². The lowest BCUT2D eigenvalue weighted by molar-refractivity contribution is -0.142. The highest BCUT2D eigenvalue weighted by Gasteiger charge is 2.29. The summed E-state index contributed by atoms with van der Waals surface area (Å²) < 4.78 is 25.5. The monoisotopic (exact) mass is 879 g/mol. The van der Waals surface area contributed by atoms with Gasteiger partial charge in [0.1, 0.15) is 28.4 Å². The predicted molar refractivity (Wildman–Crippen MR) is 237 cm³/mol. The third-order valence-electron chi connectivity index (χ3n) is 10.8. The normalized spacial score (nSPS) is 18.2. The van der Waals surface area contributed by atoms with Crippen molar-refractivity contribution in [3.63, 3.8) is 0 Å². The fraction of sp³-hybridized carbons (Fsp3) is 0.319. The molecule has 2 aliphatic rings. The second-order valence-corrected chi connectivity index (χ2v) is 16.7. The summed E-state index contributed by atoms with van der Waals surface area (Å²) in [6, 6.07) is 28.3. The van der Waals surface area contributed by atoms with Gasteiger partial charge >= 0.3 is 5.97 Å². The van der Waals surface area contributed by atoms with E-state index in [-0.39, 0.29) is 65.8 Å². The summed E-state index contributed by atoms with van der Waals surface area (Å²) in [6.45, 7) is 0.173. The van der Waals surface area contributed by atoms with Crippen LogP contribution in [-0.2, 0) is 16.1 Å². The van der Waals surface area contributed by atoms with Crippen molar-refractivity contribution >= 4 is 47.2 Å². The Morgan fingerprint density at radius 2 is 1.08 bits per heavy atom. The average Bonchev–Trinajstić information content (AvgIpc) is 3.30. The zero-order valence-corrected chi connectivity index (χ0v) is 36.2. The second-order valence-electron chi connectivity index (χ2n) is 15.0. The number of carboxylic acid groups (broad SMARTS) is 1. The number of carbonyl (C=O) groups excluding carboxylic acids is 3. The number of nitrogens with one attached hydrogen (secondary N) is 3. The fourth-order valence-electron chi connectivity index (χ4n) is 7.28. The number of thioether (sulfide) groups is 2. The van der Waals surface area contributed by atoms with Gasteiger partial charge in [0.2, 0.25) is 17.7 Å². The number of rotatable bonds is 14. The highest BCUT2D eigenvalue weighted by molar-refractivity contribution is 7.98. The zero-order chi connectivity index (χ0) is 43.8. The Balaban J connectivity index is 0.000000214. The van der Waals surface area contributed by atoms with Crippen LogP contribution < -0.4 is 25.4 Å². The summed E-state index contributed by atoms with van der Waals surface area (Å²) in [4.78, 5) is 60.0. The Kier molecular flexibility index (Phi) is 16.8. The summed E-state index contributed by atoms with van der Waals surface area (Å²) in [5.74, 6) is -0.372. The van der Waals surface area contributed by atoms with E-state index in [9.17, 15) is 23.6 Å². The van der Waals surface area contributed by atoms with Gasteiger partial charge in [-0.25, -0.2) is 14.4 Å². The summed E-state index contributed by atoms with van der Waals surface area (Å²) >= 11 is 3.28. The van der Waals surface area contributed by atoms with Gasteiger partial charge in [-0.05, 0) is 143 Å². The molecule has 0 aliphatic heterocycles. The molecule has 0 spiro atoms. The first-order chi connectivity index (χ1) is 30.1. The van der Waals surface area contributed by atoms with Crippen LogP contribution >= 0.6 is 23.5 Å². The molecule has 5 aromatic rings. The predicted octanol–water partition coefficient (Wildman–Crippen LogP) is 9.31. The molecule has 2 aliphatic carbocycles. The third-order valence-corrected chi connectivity index (χ3v) is 12.3. The van der Waals surface area contributed by atoms with Crippen LogP contribution in [0.1, 0.15) is 77.6 Å². The number of ether oxygens (including phenoxy) is 2. The number of hydrogen-bond donors (Lipinski definition) is 4. The number of aliphatic carboxylic acids is 1. The number of halogens is 1. The Labute approximate surface area is 369 Å². The highest BCUT2D eigenvalue weighted by atomic mass is 32.2. The Morgan fingerprint density at radius 1 is 0.629 bits per heavy atom. The SMILES string of the molecule is CSc1ccc(Oc2ncccc2C(=O)NC2CCC(C(=O)NCc3ccccc3F)CC2)cc1.CSc1ccc(Oc2ncccc2C(=O)NC2CCC(C(=O)O)CC2)cc1. The number of amides is 3. The molecule has 2 fully saturated rings. The largest absolute Gasteiger partial charge is 0.481 e. The van der Waals surface area contributed by atoms with E-state index in [1.807, 2.05) is 61.0 Å². The number of carbonyl (C=O) groups is 4. The average molecular weight is 880 g/mol. The molecule has 0 atom stereocenters. The molecule has 62 heavy (non-hydrogen) atoms. The molecule has 2 saturated carbocycles. The molecule has 3 amide bonds. The molecule has 2 aromatic heterocycles. The van der Waals surface area contributed by atoms with Crippen molar-refractivity contribution in [2.75, 3.05) is 12.5 Å². The first-order valence-electron chi connectivity index (χ1n) is 20.5. The molecule has 4 N–H and O–H groups in total. The molecule has 3 aromatic carbocycles. The van der Waals surface area contributed by atoms with Gasteiger partial charge in [-0.2, -0.15) is 0 Å². The maximum absolute atomic E-state index is 13.8. The quantitative estimate of drug-likeness (QED) is 0.0785. The lowest BCUT2D eigenvalue weighted by Crippen LogP contribution is -2.41. The maximum Gasteiger partial charge on any atom is 0.306 e. The molecule has 15 heteroatoms. The van der Waals surface area contributed by atoms with Crippen molar-refractivity contribution in [1.82, 2.24) is 25.9 Å². The van der Waals surface area contributed by atoms with E-state index in [0.717, 1.165) is 9.79 Å². The van der Waals surface area contributed by atoms with Crippen LogP contribution in [0.2, 0.25) is 0 Å². The lowest BCUT2D eigenvalue weighted by Gasteiger charge is -2.28. The van der Waals surface area contributed by atoms with Crippen molar-refractivity contribution < 1.29 is 38.1 Å². The van der Waals surface area contributed by atoms with Crippen LogP contribution in [0.3, 0.4) is 0 Å². The molecule has 0 unspecified atom stereocenters. The molecule has 12 nitrogen and oxygen atoms in total. The topological polar surface area (TPSA) is 169 Å². The molecule has 0 radical (unpaired) electrons. The van der Waals surface area contributed by atoms with Crippen LogP contribution in [-0.4, -0.2) is 63.4 Å². The van der Waals surface area contributed by atoms with E-state index in [2.05, 4.69) is 25.9 Å². The van der Waals surface area contributed by atoms with Gasteiger partial charge in [0.05, 0.1) is 5.92 Å². The summed E-state index contributed by atoms with van der Waals surface area (Å²) in [5, 5.41) is 18.0. The molecular weight excluding hydrogens is 830 g/mol. The van der Waals surface area contributed by atoms with Crippen LogP contribution in [0.5, 0.6) is 23.3 Å². The van der Waals surface area contributed by atoms with Crippen molar-refractivity contribution in [1.29, 1.82) is 0 Å². The van der Waals surface area contributed by atoms with E-state index in [0.29, 0.717) is 79.6 Å². The Hall–Kier alpha value is -5.93. The van der Waals surface area contributed by atoms with Crippen molar-refractivity contribution in [2.24, 2.45) is 11.8 Å². The molecule has 7 rings (SSSR count). The van der Waals surface area contributed by atoms with E-state index in [4.69, 9.17) is 14.6 Å².